The molecule has 8 nitrogen and oxygen atoms in total. The van der Waals surface area contributed by atoms with Crippen LogP contribution in [0.15, 0.2) is 36.9 Å². The smallest absolute Gasteiger partial charge is 0.318 e. The zero-order valence-corrected chi connectivity index (χ0v) is 18.3. The molecular weight excluding hydrogens is 406 g/mol. The lowest BCUT2D eigenvalue weighted by Gasteiger charge is -2.42. The molecule has 1 aromatic heterocycles. The van der Waals surface area contributed by atoms with Crippen molar-refractivity contribution in [3.63, 3.8) is 0 Å². The summed E-state index contributed by atoms with van der Waals surface area (Å²) in [6, 6.07) is 8.53. The van der Waals surface area contributed by atoms with E-state index in [9.17, 15) is 9.59 Å². The van der Waals surface area contributed by atoms with Crippen molar-refractivity contribution in [1.82, 2.24) is 14.9 Å². The van der Waals surface area contributed by atoms with Crippen molar-refractivity contribution in [2.75, 3.05) is 43.5 Å². The van der Waals surface area contributed by atoms with Crippen LogP contribution in [0.25, 0.3) is 0 Å². The first-order valence-electron chi connectivity index (χ1n) is 11.1. The molecule has 0 saturated carbocycles. The normalized spacial score (nSPS) is 22.1. The van der Waals surface area contributed by atoms with E-state index in [-0.39, 0.29) is 11.8 Å². The van der Waals surface area contributed by atoms with E-state index in [1.54, 1.807) is 12.0 Å². The van der Waals surface area contributed by atoms with Crippen LogP contribution in [-0.2, 0) is 27.8 Å². The van der Waals surface area contributed by atoms with Crippen LogP contribution in [0, 0.1) is 0 Å². The molecule has 2 aromatic rings. The van der Waals surface area contributed by atoms with Crippen LogP contribution >= 0.6 is 0 Å². The third-order valence-corrected chi connectivity index (χ3v) is 6.92. The van der Waals surface area contributed by atoms with Gasteiger partial charge in [-0.1, -0.05) is 30.8 Å². The Kier molecular flexibility index (Phi) is 5.07. The van der Waals surface area contributed by atoms with Gasteiger partial charge in [-0.05, 0) is 36.5 Å². The minimum Gasteiger partial charge on any atom is -0.467 e. The minimum atomic E-state index is -0.618. The summed E-state index contributed by atoms with van der Waals surface area (Å²) in [4.78, 5) is 38.6. The van der Waals surface area contributed by atoms with Crippen LogP contribution in [-0.4, -0.2) is 60.0 Å². The van der Waals surface area contributed by atoms with E-state index >= 15 is 0 Å². The Morgan fingerprint density at radius 3 is 2.75 bits per heavy atom. The van der Waals surface area contributed by atoms with Crippen LogP contribution in [0.1, 0.15) is 29.7 Å². The van der Waals surface area contributed by atoms with E-state index in [2.05, 4.69) is 38.9 Å². The van der Waals surface area contributed by atoms with Gasteiger partial charge in [-0.2, -0.15) is 9.97 Å². The number of piperazine rings is 1. The number of rotatable bonds is 3. The SMILES string of the molecule is C=CC(=O)N1CCN(c2nc(OC)nc3c2NC(=O)C2(CCCc4ccccc42)C3)CC1. The zero-order valence-electron chi connectivity index (χ0n) is 18.3. The summed E-state index contributed by atoms with van der Waals surface area (Å²) in [7, 11) is 1.55. The molecule has 32 heavy (non-hydrogen) atoms. The highest BCUT2D eigenvalue weighted by Crippen LogP contribution is 2.46. The lowest BCUT2D eigenvalue weighted by atomic mass is 9.65. The van der Waals surface area contributed by atoms with E-state index in [0.717, 1.165) is 30.5 Å². The molecule has 1 N–H and O–H groups in total. The molecule has 8 heteroatoms. The zero-order chi connectivity index (χ0) is 22.3. The molecule has 3 heterocycles. The Labute approximate surface area is 187 Å². The standard InChI is InChI=1S/C24H27N5O3/c1-3-19(30)28-11-13-29(14-12-28)21-20-18(25-23(27-21)32-2)15-24(22(31)26-20)10-6-8-16-7-4-5-9-17(16)24/h3-5,7,9H,1,6,8,10-15H2,2H3,(H,26,31). The van der Waals surface area contributed by atoms with E-state index in [4.69, 9.17) is 4.74 Å². The van der Waals surface area contributed by atoms with Gasteiger partial charge in [0.1, 0.15) is 5.69 Å². The number of fused-ring (bicyclic) bond motifs is 3. The Hall–Kier alpha value is -3.42. The van der Waals surface area contributed by atoms with Gasteiger partial charge in [0.05, 0.1) is 18.2 Å². The van der Waals surface area contributed by atoms with Crippen molar-refractivity contribution >= 4 is 23.3 Å². The van der Waals surface area contributed by atoms with Crippen molar-refractivity contribution < 1.29 is 14.3 Å². The molecule has 0 radical (unpaired) electrons. The van der Waals surface area contributed by atoms with Crippen molar-refractivity contribution in [3.05, 3.63) is 53.7 Å². The predicted molar refractivity (Wildman–Crippen MR) is 121 cm³/mol. The summed E-state index contributed by atoms with van der Waals surface area (Å²) in [5, 5.41) is 3.17. The fourth-order valence-electron chi connectivity index (χ4n) is 5.25. The lowest BCUT2D eigenvalue weighted by molar-refractivity contribution is -0.126. The second-order valence-electron chi connectivity index (χ2n) is 8.60. The molecule has 0 bridgehead atoms. The highest BCUT2D eigenvalue weighted by atomic mass is 16.5. The van der Waals surface area contributed by atoms with Crippen LogP contribution in [0.2, 0.25) is 0 Å². The van der Waals surface area contributed by atoms with E-state index < -0.39 is 5.41 Å². The molecule has 1 atom stereocenters. The summed E-state index contributed by atoms with van der Waals surface area (Å²) in [6.07, 6.45) is 4.61. The third-order valence-electron chi connectivity index (χ3n) is 6.92. The van der Waals surface area contributed by atoms with Crippen molar-refractivity contribution in [1.29, 1.82) is 0 Å². The predicted octanol–water partition coefficient (Wildman–Crippen LogP) is 2.09. The Bertz CT molecular complexity index is 1090. The summed E-state index contributed by atoms with van der Waals surface area (Å²) in [6.45, 7) is 5.92. The van der Waals surface area contributed by atoms with Crippen LogP contribution in [0.4, 0.5) is 11.5 Å². The van der Waals surface area contributed by atoms with Crippen molar-refractivity contribution in [2.24, 2.45) is 0 Å². The molecule has 1 spiro atoms. The maximum Gasteiger partial charge on any atom is 0.318 e. The van der Waals surface area contributed by atoms with Crippen LogP contribution in [0.5, 0.6) is 6.01 Å². The van der Waals surface area contributed by atoms with Gasteiger partial charge in [0, 0.05) is 32.6 Å². The Morgan fingerprint density at radius 2 is 2.00 bits per heavy atom. The van der Waals surface area contributed by atoms with Gasteiger partial charge in [-0.15, -0.1) is 0 Å². The highest BCUT2D eigenvalue weighted by molar-refractivity contribution is 6.04. The molecule has 3 aliphatic rings. The van der Waals surface area contributed by atoms with Crippen LogP contribution in [0.3, 0.4) is 0 Å². The molecule has 2 amide bonds. The first kappa shape index (κ1) is 20.5. The van der Waals surface area contributed by atoms with Gasteiger partial charge >= 0.3 is 6.01 Å². The summed E-state index contributed by atoms with van der Waals surface area (Å²) < 4.78 is 5.42. The number of methoxy groups -OCH3 is 1. The summed E-state index contributed by atoms with van der Waals surface area (Å²) in [5.41, 5.74) is 3.18. The summed E-state index contributed by atoms with van der Waals surface area (Å²) >= 11 is 0. The van der Waals surface area contributed by atoms with Gasteiger partial charge in [0.2, 0.25) is 11.8 Å². The quantitative estimate of drug-likeness (QED) is 0.746. The first-order chi connectivity index (χ1) is 15.6. The number of amides is 2. The fraction of sp³-hybridized carbons (Fsp3) is 0.417. The monoisotopic (exact) mass is 433 g/mol. The average molecular weight is 434 g/mol. The van der Waals surface area contributed by atoms with Gasteiger partial charge in [-0.25, -0.2) is 0 Å². The van der Waals surface area contributed by atoms with Gasteiger partial charge < -0.3 is 19.9 Å². The van der Waals surface area contributed by atoms with Crippen molar-refractivity contribution in [3.8, 4) is 6.01 Å². The lowest BCUT2D eigenvalue weighted by Crippen LogP contribution is -2.50. The number of hydrogen-bond acceptors (Lipinski definition) is 6. The molecule has 166 valence electrons. The maximum absolute atomic E-state index is 13.6. The Balaban J connectivity index is 1.52. The molecule has 1 saturated heterocycles. The van der Waals surface area contributed by atoms with E-state index in [1.807, 2.05) is 12.1 Å². The number of nitrogens with one attached hydrogen (secondary N) is 1. The Morgan fingerprint density at radius 1 is 1.22 bits per heavy atom. The summed E-state index contributed by atoms with van der Waals surface area (Å²) in [5.74, 6) is 0.593. The number of anilines is 2. The minimum absolute atomic E-state index is 0.00707. The van der Waals surface area contributed by atoms with Gasteiger partial charge in [0.15, 0.2) is 5.82 Å². The first-order valence-corrected chi connectivity index (χ1v) is 11.1. The second kappa shape index (κ2) is 7.93. The number of benzene rings is 1. The molecule has 1 aromatic carbocycles. The van der Waals surface area contributed by atoms with Gasteiger partial charge in [0.25, 0.3) is 0 Å². The number of aryl methyl sites for hydroxylation is 1. The third kappa shape index (κ3) is 3.21. The molecular formula is C24H27N5O3. The second-order valence-corrected chi connectivity index (χ2v) is 8.60. The number of aromatic nitrogens is 2. The molecule has 1 aliphatic carbocycles. The number of carbonyl (C=O) groups is 2. The van der Waals surface area contributed by atoms with Gasteiger partial charge in [-0.3, -0.25) is 9.59 Å². The number of ether oxygens (including phenoxy) is 1. The average Bonchev–Trinajstić information content (AvgIpc) is 2.84. The van der Waals surface area contributed by atoms with Crippen molar-refractivity contribution in [2.45, 2.75) is 31.1 Å². The highest BCUT2D eigenvalue weighted by Gasteiger charge is 2.48. The molecule has 2 aliphatic heterocycles. The number of carbonyl (C=O) groups excluding carboxylic acids is 2. The largest absolute Gasteiger partial charge is 0.467 e. The van der Waals surface area contributed by atoms with Crippen LogP contribution < -0.4 is 15.0 Å². The number of nitrogens with zero attached hydrogens (tertiary/aromatic N) is 4. The molecule has 1 fully saturated rings. The molecule has 5 rings (SSSR count). The van der Waals surface area contributed by atoms with E-state index in [1.165, 1.54) is 11.6 Å². The topological polar surface area (TPSA) is 87.7 Å². The molecule has 1 unspecified atom stereocenters. The maximum atomic E-state index is 13.6. The number of hydrogen-bond donors (Lipinski definition) is 1. The fourth-order valence-corrected chi connectivity index (χ4v) is 5.25. The van der Waals surface area contributed by atoms with E-state index in [0.29, 0.717) is 50.1 Å².